The van der Waals surface area contributed by atoms with Gasteiger partial charge in [0.25, 0.3) is 0 Å². The summed E-state index contributed by atoms with van der Waals surface area (Å²) in [6.07, 6.45) is 0. The summed E-state index contributed by atoms with van der Waals surface area (Å²) in [6, 6.07) is 55.6. The Balaban J connectivity index is 1.26. The standard InChI is InChI=1S/C47H31NO/c1-47(2)38-20-10-7-13-29(38)30-24-23-28(27-39(30)47)43-32-15-3-5-17-34(32)45(35-18-6-4-16-33(35)43)48-40-21-11-8-19-37(40)44-41(48)26-25-36-31-14-9-12-22-42(31)49-46(36)44/h3-27H,1-2H3. The Labute approximate surface area is 283 Å². The predicted octanol–water partition coefficient (Wildman–Crippen LogP) is 13.0. The van der Waals surface area contributed by atoms with Crippen molar-refractivity contribution in [3.63, 3.8) is 0 Å². The van der Waals surface area contributed by atoms with Crippen LogP contribution in [0.25, 0.3) is 93.2 Å². The van der Waals surface area contributed by atoms with Gasteiger partial charge in [-0.3, -0.25) is 0 Å². The molecule has 0 fully saturated rings. The van der Waals surface area contributed by atoms with E-state index in [1.807, 2.05) is 6.07 Å². The molecule has 230 valence electrons. The molecule has 0 saturated carbocycles. The third-order valence-corrected chi connectivity index (χ3v) is 11.2. The van der Waals surface area contributed by atoms with E-state index < -0.39 is 0 Å². The van der Waals surface area contributed by atoms with E-state index in [9.17, 15) is 0 Å². The van der Waals surface area contributed by atoms with Crippen molar-refractivity contribution in [3.8, 4) is 27.9 Å². The van der Waals surface area contributed by atoms with Gasteiger partial charge in [0.05, 0.1) is 22.1 Å². The number of rotatable bonds is 2. The fourth-order valence-electron chi connectivity index (χ4n) is 8.99. The zero-order valence-electron chi connectivity index (χ0n) is 27.3. The lowest BCUT2D eigenvalue weighted by Crippen LogP contribution is -2.14. The van der Waals surface area contributed by atoms with E-state index in [1.54, 1.807) is 0 Å². The van der Waals surface area contributed by atoms with Gasteiger partial charge in [-0.2, -0.15) is 0 Å². The van der Waals surface area contributed by atoms with Crippen molar-refractivity contribution >= 4 is 65.3 Å². The van der Waals surface area contributed by atoms with Crippen LogP contribution in [0.2, 0.25) is 0 Å². The van der Waals surface area contributed by atoms with Crippen molar-refractivity contribution in [2.24, 2.45) is 0 Å². The van der Waals surface area contributed by atoms with Gasteiger partial charge in [0.15, 0.2) is 0 Å². The van der Waals surface area contributed by atoms with Crippen LogP contribution in [0.15, 0.2) is 156 Å². The summed E-state index contributed by atoms with van der Waals surface area (Å²) in [4.78, 5) is 0. The van der Waals surface area contributed by atoms with E-state index in [2.05, 4.69) is 164 Å². The number of aromatic nitrogens is 1. The Morgan fingerprint density at radius 1 is 0.469 bits per heavy atom. The van der Waals surface area contributed by atoms with Crippen molar-refractivity contribution in [2.45, 2.75) is 19.3 Å². The molecule has 0 amide bonds. The van der Waals surface area contributed by atoms with Gasteiger partial charge in [-0.15, -0.1) is 0 Å². The molecule has 8 aromatic carbocycles. The van der Waals surface area contributed by atoms with Crippen LogP contribution in [0, 0.1) is 0 Å². The highest BCUT2D eigenvalue weighted by Crippen LogP contribution is 2.51. The van der Waals surface area contributed by atoms with Crippen LogP contribution in [0.1, 0.15) is 25.0 Å². The van der Waals surface area contributed by atoms with E-state index in [4.69, 9.17) is 4.42 Å². The molecule has 0 aliphatic heterocycles. The maximum atomic E-state index is 6.64. The second kappa shape index (κ2) is 9.49. The van der Waals surface area contributed by atoms with Crippen LogP contribution in [0.3, 0.4) is 0 Å². The zero-order chi connectivity index (χ0) is 32.4. The summed E-state index contributed by atoms with van der Waals surface area (Å²) >= 11 is 0. The fraction of sp³-hybridized carbons (Fsp3) is 0.0638. The first kappa shape index (κ1) is 26.9. The highest BCUT2D eigenvalue weighted by molar-refractivity contribution is 6.26. The van der Waals surface area contributed by atoms with Crippen LogP contribution in [-0.4, -0.2) is 4.57 Å². The highest BCUT2D eigenvalue weighted by Gasteiger charge is 2.35. The van der Waals surface area contributed by atoms with Gasteiger partial charge in [-0.25, -0.2) is 0 Å². The number of hydrogen-bond acceptors (Lipinski definition) is 1. The minimum atomic E-state index is -0.0710. The van der Waals surface area contributed by atoms with Crippen molar-refractivity contribution < 1.29 is 4.42 Å². The molecule has 2 heteroatoms. The molecule has 0 atom stereocenters. The Kier molecular flexibility index (Phi) is 5.21. The first-order valence-electron chi connectivity index (χ1n) is 17.1. The normalized spacial score (nSPS) is 13.7. The number of benzene rings is 8. The minimum Gasteiger partial charge on any atom is -0.455 e. The van der Waals surface area contributed by atoms with Gasteiger partial charge in [0, 0.05) is 32.3 Å². The molecule has 0 saturated heterocycles. The third-order valence-electron chi connectivity index (χ3n) is 11.2. The number of fused-ring (bicyclic) bond motifs is 12. The van der Waals surface area contributed by atoms with Gasteiger partial charge >= 0.3 is 0 Å². The summed E-state index contributed by atoms with van der Waals surface area (Å²) in [5.41, 5.74) is 13.3. The van der Waals surface area contributed by atoms with Crippen LogP contribution in [0.4, 0.5) is 0 Å². The molecule has 2 heterocycles. The average molecular weight is 626 g/mol. The monoisotopic (exact) mass is 625 g/mol. The third kappa shape index (κ3) is 3.45. The van der Waals surface area contributed by atoms with Crippen LogP contribution in [-0.2, 0) is 5.41 Å². The predicted molar refractivity (Wildman–Crippen MR) is 206 cm³/mol. The highest BCUT2D eigenvalue weighted by atomic mass is 16.3. The smallest absolute Gasteiger partial charge is 0.145 e. The second-order valence-electron chi connectivity index (χ2n) is 14.0. The Bertz CT molecular complexity index is 2970. The molecule has 1 aliphatic carbocycles. The Morgan fingerprint density at radius 2 is 1.08 bits per heavy atom. The number of nitrogens with zero attached hydrogens (tertiary/aromatic N) is 1. The molecule has 0 radical (unpaired) electrons. The lowest BCUT2D eigenvalue weighted by molar-refractivity contribution is 0.660. The molecule has 0 bridgehead atoms. The number of para-hydroxylation sites is 2. The van der Waals surface area contributed by atoms with E-state index in [0.29, 0.717) is 0 Å². The molecular formula is C47H31NO. The SMILES string of the molecule is CC1(C)c2ccccc2-c2ccc(-c3c4ccccc4c(-n4c5ccccc5c5c6oc7ccccc7c6ccc54)c4ccccc34)cc21. The summed E-state index contributed by atoms with van der Waals surface area (Å²) < 4.78 is 9.12. The maximum Gasteiger partial charge on any atom is 0.145 e. The molecule has 2 nitrogen and oxygen atoms in total. The number of furan rings is 1. The van der Waals surface area contributed by atoms with Crippen molar-refractivity contribution in [1.82, 2.24) is 4.57 Å². The fourth-order valence-corrected chi connectivity index (χ4v) is 8.99. The minimum absolute atomic E-state index is 0.0710. The quantitative estimate of drug-likeness (QED) is 0.175. The first-order valence-corrected chi connectivity index (χ1v) is 17.1. The lowest BCUT2D eigenvalue weighted by atomic mass is 9.81. The molecule has 2 aromatic heterocycles. The molecule has 11 rings (SSSR count). The van der Waals surface area contributed by atoms with Crippen molar-refractivity contribution in [1.29, 1.82) is 0 Å². The Morgan fingerprint density at radius 3 is 1.86 bits per heavy atom. The van der Waals surface area contributed by atoms with Gasteiger partial charge in [-0.05, 0) is 74.5 Å². The van der Waals surface area contributed by atoms with Gasteiger partial charge in [0.1, 0.15) is 11.2 Å². The first-order chi connectivity index (χ1) is 24.1. The summed E-state index contributed by atoms with van der Waals surface area (Å²) in [5, 5.41) is 9.61. The van der Waals surface area contributed by atoms with E-state index in [0.717, 1.165) is 32.8 Å². The van der Waals surface area contributed by atoms with Gasteiger partial charge in [-0.1, -0.05) is 135 Å². The number of hydrogen-bond donors (Lipinski definition) is 0. The second-order valence-corrected chi connectivity index (χ2v) is 14.0. The molecule has 10 aromatic rings. The summed E-state index contributed by atoms with van der Waals surface area (Å²) in [6.45, 7) is 4.73. The van der Waals surface area contributed by atoms with Crippen LogP contribution < -0.4 is 0 Å². The zero-order valence-corrected chi connectivity index (χ0v) is 27.3. The largest absolute Gasteiger partial charge is 0.455 e. The molecule has 0 N–H and O–H groups in total. The molecular weight excluding hydrogens is 595 g/mol. The van der Waals surface area contributed by atoms with Crippen molar-refractivity contribution in [3.05, 3.63) is 163 Å². The van der Waals surface area contributed by atoms with E-state index in [1.165, 1.54) is 71.5 Å². The Hall–Kier alpha value is -6.12. The summed E-state index contributed by atoms with van der Waals surface area (Å²) in [7, 11) is 0. The van der Waals surface area contributed by atoms with Crippen LogP contribution >= 0.6 is 0 Å². The topological polar surface area (TPSA) is 18.1 Å². The lowest BCUT2D eigenvalue weighted by Gasteiger charge is -2.23. The van der Waals surface area contributed by atoms with E-state index >= 15 is 0 Å². The summed E-state index contributed by atoms with van der Waals surface area (Å²) in [5.74, 6) is 0. The van der Waals surface area contributed by atoms with Gasteiger partial charge in [0.2, 0.25) is 0 Å². The average Bonchev–Trinajstić information content (AvgIpc) is 3.76. The maximum absolute atomic E-state index is 6.64. The molecule has 1 aliphatic rings. The van der Waals surface area contributed by atoms with Gasteiger partial charge < -0.3 is 8.98 Å². The molecule has 0 unspecified atom stereocenters. The molecule has 0 spiro atoms. The molecule has 49 heavy (non-hydrogen) atoms. The van der Waals surface area contributed by atoms with E-state index in [-0.39, 0.29) is 5.41 Å². The van der Waals surface area contributed by atoms with Crippen molar-refractivity contribution in [2.75, 3.05) is 0 Å². The van der Waals surface area contributed by atoms with Crippen LogP contribution in [0.5, 0.6) is 0 Å².